The van der Waals surface area contributed by atoms with Gasteiger partial charge in [-0.1, -0.05) is 18.2 Å². The third-order valence-electron chi connectivity index (χ3n) is 4.86. The van der Waals surface area contributed by atoms with Gasteiger partial charge < -0.3 is 9.72 Å². The molecule has 1 fully saturated rings. The van der Waals surface area contributed by atoms with Crippen molar-refractivity contribution in [2.75, 3.05) is 19.6 Å². The van der Waals surface area contributed by atoms with Crippen molar-refractivity contribution in [3.8, 4) is 23.0 Å². The van der Waals surface area contributed by atoms with E-state index in [2.05, 4.69) is 19.9 Å². The quantitative estimate of drug-likeness (QED) is 0.684. The third kappa shape index (κ3) is 5.11. The summed E-state index contributed by atoms with van der Waals surface area (Å²) < 4.78 is 43.1. The number of hydrogen-bond donors (Lipinski definition) is 1. The predicted molar refractivity (Wildman–Crippen MR) is 101 cm³/mol. The minimum absolute atomic E-state index is 0.120. The van der Waals surface area contributed by atoms with E-state index in [0.29, 0.717) is 31.7 Å². The highest BCUT2D eigenvalue weighted by atomic mass is 19.4. The van der Waals surface area contributed by atoms with E-state index >= 15 is 0 Å². The Hall–Kier alpha value is -2.94. The standard InChI is InChI=1S/C20H20F3N5O/c21-20(22,23)13-28-8-6-14(7-9-28)18-24-12-17(27-18)15-10-25-19(26-11-15)29-16-4-2-1-3-5-16/h1-5,10-12,14H,6-9,13H2,(H,24,27). The molecule has 1 aromatic carbocycles. The molecule has 0 saturated carbocycles. The van der Waals surface area contributed by atoms with Crippen molar-refractivity contribution in [1.82, 2.24) is 24.8 Å². The second-order valence-electron chi connectivity index (χ2n) is 7.02. The van der Waals surface area contributed by atoms with E-state index in [1.165, 1.54) is 4.90 Å². The molecule has 3 aromatic rings. The zero-order valence-corrected chi connectivity index (χ0v) is 15.6. The van der Waals surface area contributed by atoms with Crippen molar-refractivity contribution in [3.05, 3.63) is 54.7 Å². The SMILES string of the molecule is FC(F)(F)CN1CCC(c2ncc(-c3cnc(Oc4ccccc4)nc3)[nH]2)CC1. The first kappa shape index (κ1) is 19.4. The highest BCUT2D eigenvalue weighted by Crippen LogP contribution is 2.29. The van der Waals surface area contributed by atoms with Gasteiger partial charge in [0.15, 0.2) is 0 Å². The summed E-state index contributed by atoms with van der Waals surface area (Å²) in [6.45, 7) is -0.0262. The molecule has 6 nitrogen and oxygen atoms in total. The molecule has 1 saturated heterocycles. The molecule has 0 spiro atoms. The van der Waals surface area contributed by atoms with Gasteiger partial charge in [-0.25, -0.2) is 15.0 Å². The minimum atomic E-state index is -4.15. The van der Waals surface area contributed by atoms with E-state index in [0.717, 1.165) is 17.1 Å². The van der Waals surface area contributed by atoms with Gasteiger partial charge in [0.1, 0.15) is 11.6 Å². The van der Waals surface area contributed by atoms with Crippen molar-refractivity contribution in [3.63, 3.8) is 0 Å². The van der Waals surface area contributed by atoms with Gasteiger partial charge in [-0.05, 0) is 38.1 Å². The molecule has 29 heavy (non-hydrogen) atoms. The number of para-hydroxylation sites is 1. The van der Waals surface area contributed by atoms with Crippen LogP contribution in [0.1, 0.15) is 24.6 Å². The zero-order chi connectivity index (χ0) is 20.3. The fraction of sp³-hybridized carbons (Fsp3) is 0.350. The Labute approximate surface area is 165 Å². The van der Waals surface area contributed by atoms with E-state index in [1.807, 2.05) is 30.3 Å². The number of nitrogens with one attached hydrogen (secondary N) is 1. The molecule has 1 aliphatic heterocycles. The molecule has 152 valence electrons. The van der Waals surface area contributed by atoms with Crippen molar-refractivity contribution in [2.45, 2.75) is 24.9 Å². The molecule has 0 amide bonds. The number of likely N-dealkylation sites (tertiary alicyclic amines) is 1. The minimum Gasteiger partial charge on any atom is -0.424 e. The van der Waals surface area contributed by atoms with Crippen molar-refractivity contribution in [2.24, 2.45) is 0 Å². The molecule has 2 aromatic heterocycles. The summed E-state index contributed by atoms with van der Waals surface area (Å²) in [6, 6.07) is 9.51. The van der Waals surface area contributed by atoms with Gasteiger partial charge in [0.2, 0.25) is 0 Å². The Morgan fingerprint density at radius 2 is 1.69 bits per heavy atom. The molecule has 1 aliphatic rings. The number of piperidine rings is 1. The second-order valence-corrected chi connectivity index (χ2v) is 7.02. The first-order chi connectivity index (χ1) is 14.0. The number of ether oxygens (including phenoxy) is 1. The molecule has 0 aliphatic carbocycles. The summed E-state index contributed by atoms with van der Waals surface area (Å²) in [5.41, 5.74) is 1.53. The summed E-state index contributed by atoms with van der Waals surface area (Å²) >= 11 is 0. The normalized spacial score (nSPS) is 16.1. The summed E-state index contributed by atoms with van der Waals surface area (Å²) in [7, 11) is 0. The summed E-state index contributed by atoms with van der Waals surface area (Å²) in [4.78, 5) is 17.6. The van der Waals surface area contributed by atoms with Crippen LogP contribution in [0.2, 0.25) is 0 Å². The van der Waals surface area contributed by atoms with Crippen LogP contribution in [0, 0.1) is 0 Å². The number of imidazole rings is 1. The lowest BCUT2D eigenvalue weighted by Crippen LogP contribution is -2.39. The first-order valence-corrected chi connectivity index (χ1v) is 9.35. The maximum atomic E-state index is 12.5. The number of halogens is 3. The number of alkyl halides is 3. The predicted octanol–water partition coefficient (Wildman–Crippen LogP) is 4.40. The largest absolute Gasteiger partial charge is 0.424 e. The number of aromatic nitrogens is 4. The van der Waals surface area contributed by atoms with E-state index in [-0.39, 0.29) is 11.9 Å². The van der Waals surface area contributed by atoms with Crippen molar-refractivity contribution < 1.29 is 17.9 Å². The Bertz CT molecular complexity index is 919. The number of nitrogens with zero attached hydrogens (tertiary/aromatic N) is 4. The zero-order valence-electron chi connectivity index (χ0n) is 15.6. The molecule has 9 heteroatoms. The molecule has 4 rings (SSSR count). The molecule has 1 N–H and O–H groups in total. The Balaban J connectivity index is 1.37. The Morgan fingerprint density at radius 1 is 1.00 bits per heavy atom. The third-order valence-corrected chi connectivity index (χ3v) is 4.86. The average molecular weight is 403 g/mol. The second kappa shape index (κ2) is 8.20. The molecule has 0 radical (unpaired) electrons. The molecular weight excluding hydrogens is 383 g/mol. The van der Waals surface area contributed by atoms with Crippen molar-refractivity contribution in [1.29, 1.82) is 0 Å². The van der Waals surface area contributed by atoms with Gasteiger partial charge in [0, 0.05) is 23.9 Å². The van der Waals surface area contributed by atoms with Gasteiger partial charge in [-0.15, -0.1) is 0 Å². The number of rotatable bonds is 5. The molecule has 0 atom stereocenters. The highest BCUT2D eigenvalue weighted by molar-refractivity contribution is 5.56. The van der Waals surface area contributed by atoms with Crippen LogP contribution in [0.3, 0.4) is 0 Å². The molecular formula is C20H20F3N5O. The average Bonchev–Trinajstić information content (AvgIpc) is 3.19. The maximum Gasteiger partial charge on any atom is 0.401 e. The molecule has 0 bridgehead atoms. The molecule has 0 unspecified atom stereocenters. The van der Waals surface area contributed by atoms with Crippen LogP contribution in [-0.2, 0) is 0 Å². The molecule has 3 heterocycles. The smallest absolute Gasteiger partial charge is 0.401 e. The van der Waals surface area contributed by atoms with Crippen LogP contribution >= 0.6 is 0 Å². The summed E-state index contributed by atoms with van der Waals surface area (Å²) in [5.74, 6) is 1.56. The lowest BCUT2D eigenvalue weighted by atomic mass is 9.96. The van der Waals surface area contributed by atoms with Gasteiger partial charge in [-0.2, -0.15) is 13.2 Å². The highest BCUT2D eigenvalue weighted by Gasteiger charge is 2.33. The monoisotopic (exact) mass is 403 g/mol. The number of benzene rings is 1. The number of aromatic amines is 1. The van der Waals surface area contributed by atoms with E-state index in [9.17, 15) is 13.2 Å². The summed E-state index contributed by atoms with van der Waals surface area (Å²) in [5, 5.41) is 0. The fourth-order valence-corrected chi connectivity index (χ4v) is 3.41. The van der Waals surface area contributed by atoms with Crippen LogP contribution in [0.4, 0.5) is 13.2 Å². The van der Waals surface area contributed by atoms with Gasteiger partial charge in [0.05, 0.1) is 18.4 Å². The van der Waals surface area contributed by atoms with Crippen LogP contribution in [-0.4, -0.2) is 50.6 Å². The van der Waals surface area contributed by atoms with Crippen LogP contribution < -0.4 is 4.74 Å². The van der Waals surface area contributed by atoms with Crippen molar-refractivity contribution >= 4 is 0 Å². The van der Waals surface area contributed by atoms with Crippen LogP contribution in [0.15, 0.2) is 48.9 Å². The Morgan fingerprint density at radius 3 is 2.34 bits per heavy atom. The topological polar surface area (TPSA) is 66.9 Å². The first-order valence-electron chi connectivity index (χ1n) is 9.35. The van der Waals surface area contributed by atoms with E-state index in [4.69, 9.17) is 4.74 Å². The summed E-state index contributed by atoms with van der Waals surface area (Å²) in [6.07, 6.45) is 2.13. The van der Waals surface area contributed by atoms with E-state index in [1.54, 1.807) is 18.6 Å². The lowest BCUT2D eigenvalue weighted by Gasteiger charge is -2.31. The van der Waals surface area contributed by atoms with Crippen LogP contribution in [0.5, 0.6) is 11.8 Å². The number of H-pyrrole nitrogens is 1. The Kier molecular flexibility index (Phi) is 5.48. The lowest BCUT2D eigenvalue weighted by molar-refractivity contribution is -0.148. The number of hydrogen-bond acceptors (Lipinski definition) is 5. The van der Waals surface area contributed by atoms with E-state index < -0.39 is 12.7 Å². The van der Waals surface area contributed by atoms with Gasteiger partial charge in [0.25, 0.3) is 0 Å². The van der Waals surface area contributed by atoms with Gasteiger partial charge in [-0.3, -0.25) is 4.90 Å². The fourth-order valence-electron chi connectivity index (χ4n) is 3.41. The van der Waals surface area contributed by atoms with Crippen LogP contribution in [0.25, 0.3) is 11.3 Å². The van der Waals surface area contributed by atoms with Gasteiger partial charge >= 0.3 is 12.2 Å². The maximum absolute atomic E-state index is 12.5.